The smallest absolute Gasteiger partial charge is 0.414 e. The van der Waals surface area contributed by atoms with Crippen molar-refractivity contribution in [1.29, 1.82) is 0 Å². The Bertz CT molecular complexity index is 417. The first kappa shape index (κ1) is 14.3. The molecule has 0 aliphatic heterocycles. The van der Waals surface area contributed by atoms with Crippen LogP contribution in [0.25, 0.3) is 0 Å². The molecule has 0 bridgehead atoms. The molecule has 0 amide bonds. The second-order valence-corrected chi connectivity index (χ2v) is 3.39. The van der Waals surface area contributed by atoms with E-state index < -0.39 is 24.7 Å². The fourth-order valence-corrected chi connectivity index (χ4v) is 1.14. The maximum absolute atomic E-state index is 12.0. The van der Waals surface area contributed by atoms with Gasteiger partial charge in [-0.25, -0.2) is 0 Å². The first-order chi connectivity index (χ1) is 8.34. The molecule has 0 fully saturated rings. The van der Waals surface area contributed by atoms with E-state index in [4.69, 9.17) is 9.84 Å². The number of hydrogen-bond donors (Lipinski definition) is 1. The predicted octanol–water partition coefficient (Wildman–Crippen LogP) is 1.91. The lowest BCUT2D eigenvalue weighted by molar-refractivity contribution is -0.207. The van der Waals surface area contributed by atoms with Crippen LogP contribution in [0.4, 0.5) is 13.2 Å². The molecule has 1 unspecified atom stereocenters. The Morgan fingerprint density at radius 2 is 1.89 bits per heavy atom. The van der Waals surface area contributed by atoms with Crippen molar-refractivity contribution in [3.05, 3.63) is 24.3 Å². The number of rotatable bonds is 4. The molecule has 0 heterocycles. The fraction of sp³-hybridized carbons (Fsp3) is 0.364. The molecule has 0 radical (unpaired) electrons. The lowest BCUT2D eigenvalue weighted by Crippen LogP contribution is -2.32. The zero-order chi connectivity index (χ0) is 13.8. The average Bonchev–Trinajstić information content (AvgIpc) is 2.28. The summed E-state index contributed by atoms with van der Waals surface area (Å²) in [6.07, 6.45) is -8.75. The molecule has 0 aliphatic rings. The normalized spacial score (nSPS) is 12.9. The third-order valence-corrected chi connectivity index (χ3v) is 2.03. The van der Waals surface area contributed by atoms with Gasteiger partial charge in [-0.15, -0.1) is 0 Å². The van der Waals surface area contributed by atoms with E-state index in [2.05, 4.69) is 4.74 Å². The monoisotopic (exact) mass is 264 g/mol. The number of carbonyl (C=O) groups excluding carboxylic acids is 1. The molecular weight excluding hydrogens is 253 g/mol. The van der Waals surface area contributed by atoms with E-state index in [1.165, 1.54) is 25.3 Å². The van der Waals surface area contributed by atoms with Gasteiger partial charge in [0.2, 0.25) is 0 Å². The minimum atomic E-state index is -4.85. The van der Waals surface area contributed by atoms with Gasteiger partial charge in [-0.2, -0.15) is 13.2 Å². The van der Waals surface area contributed by atoms with Gasteiger partial charge in [0.15, 0.2) is 17.6 Å². The highest BCUT2D eigenvalue weighted by Gasteiger charge is 2.40. The molecule has 0 spiro atoms. The summed E-state index contributed by atoms with van der Waals surface area (Å²) in [5.74, 6) is -0.976. The van der Waals surface area contributed by atoms with Crippen LogP contribution in [0.15, 0.2) is 24.3 Å². The second-order valence-electron chi connectivity index (χ2n) is 3.39. The van der Waals surface area contributed by atoms with Gasteiger partial charge in [0, 0.05) is 0 Å². The topological polar surface area (TPSA) is 55.8 Å². The number of methoxy groups -OCH3 is 1. The highest BCUT2D eigenvalue weighted by Crippen LogP contribution is 2.27. The molecule has 0 aromatic heterocycles. The van der Waals surface area contributed by atoms with E-state index in [0.29, 0.717) is 0 Å². The zero-order valence-corrected chi connectivity index (χ0v) is 9.40. The molecule has 1 aromatic rings. The number of esters is 1. The highest BCUT2D eigenvalue weighted by molar-refractivity contribution is 5.73. The molecule has 7 heteroatoms. The minimum absolute atomic E-state index is 0.000579. The average molecular weight is 264 g/mol. The lowest BCUT2D eigenvalue weighted by atomic mass is 10.2. The SMILES string of the molecule is COc1ccccc1OC(=O)CC(O)C(F)(F)F. The van der Waals surface area contributed by atoms with Crippen LogP contribution in [0.2, 0.25) is 0 Å². The molecule has 18 heavy (non-hydrogen) atoms. The van der Waals surface area contributed by atoms with Crippen LogP contribution in [0.3, 0.4) is 0 Å². The molecule has 0 saturated heterocycles. The molecule has 1 aromatic carbocycles. The molecule has 0 aliphatic carbocycles. The van der Waals surface area contributed by atoms with E-state index in [1.807, 2.05) is 0 Å². The summed E-state index contributed by atoms with van der Waals surface area (Å²) in [4.78, 5) is 11.2. The van der Waals surface area contributed by atoms with Gasteiger partial charge >= 0.3 is 12.1 Å². The van der Waals surface area contributed by atoms with Crippen LogP contribution in [-0.4, -0.2) is 30.5 Å². The number of halogens is 3. The third kappa shape index (κ3) is 3.92. The van der Waals surface area contributed by atoms with Crippen molar-refractivity contribution in [2.24, 2.45) is 0 Å². The van der Waals surface area contributed by atoms with Gasteiger partial charge in [0.05, 0.1) is 13.5 Å². The number of ether oxygens (including phenoxy) is 2. The Morgan fingerprint density at radius 1 is 1.33 bits per heavy atom. The van der Waals surface area contributed by atoms with Gasteiger partial charge in [-0.1, -0.05) is 12.1 Å². The van der Waals surface area contributed by atoms with E-state index in [0.717, 1.165) is 0 Å². The van der Waals surface area contributed by atoms with Crippen molar-refractivity contribution in [1.82, 2.24) is 0 Å². The first-order valence-corrected chi connectivity index (χ1v) is 4.93. The molecular formula is C11H11F3O4. The van der Waals surface area contributed by atoms with Crippen molar-refractivity contribution >= 4 is 5.97 Å². The fourth-order valence-electron chi connectivity index (χ4n) is 1.14. The molecule has 1 N–H and O–H groups in total. The molecule has 1 rings (SSSR count). The Balaban J connectivity index is 2.65. The van der Waals surface area contributed by atoms with Gasteiger partial charge in [0.25, 0.3) is 0 Å². The molecule has 4 nitrogen and oxygen atoms in total. The summed E-state index contributed by atoms with van der Waals surface area (Å²) in [7, 11) is 1.33. The Kier molecular flexibility index (Phi) is 4.55. The summed E-state index contributed by atoms with van der Waals surface area (Å²) in [6.45, 7) is 0. The summed E-state index contributed by atoms with van der Waals surface area (Å²) < 4.78 is 45.6. The van der Waals surface area contributed by atoms with E-state index >= 15 is 0 Å². The molecule has 100 valence electrons. The number of benzene rings is 1. The van der Waals surface area contributed by atoms with Gasteiger partial charge in [-0.05, 0) is 12.1 Å². The highest BCUT2D eigenvalue weighted by atomic mass is 19.4. The van der Waals surface area contributed by atoms with E-state index in [-0.39, 0.29) is 11.5 Å². The van der Waals surface area contributed by atoms with Crippen LogP contribution < -0.4 is 9.47 Å². The quantitative estimate of drug-likeness (QED) is 0.666. The van der Waals surface area contributed by atoms with E-state index in [9.17, 15) is 18.0 Å². The maximum atomic E-state index is 12.0. The first-order valence-electron chi connectivity index (χ1n) is 4.93. The summed E-state index contributed by atoms with van der Waals surface area (Å²) >= 11 is 0. The van der Waals surface area contributed by atoms with Gasteiger partial charge in [-0.3, -0.25) is 4.79 Å². The van der Waals surface area contributed by atoms with Crippen LogP contribution in [0, 0.1) is 0 Å². The largest absolute Gasteiger partial charge is 0.493 e. The number of hydrogen-bond acceptors (Lipinski definition) is 4. The van der Waals surface area contributed by atoms with Crippen molar-refractivity contribution in [2.45, 2.75) is 18.7 Å². The van der Waals surface area contributed by atoms with Crippen molar-refractivity contribution in [2.75, 3.05) is 7.11 Å². The third-order valence-electron chi connectivity index (χ3n) is 2.03. The number of aliphatic hydroxyl groups is 1. The Labute approximate surface area is 101 Å². The number of para-hydroxylation sites is 2. The standard InChI is InChI=1S/C11H11F3O4/c1-17-7-4-2-3-5-8(7)18-10(16)6-9(15)11(12,13)14/h2-5,9,15H,6H2,1H3. The summed E-state index contributed by atoms with van der Waals surface area (Å²) in [5, 5.41) is 8.70. The number of aliphatic hydroxyl groups excluding tert-OH is 1. The van der Waals surface area contributed by atoms with Crippen LogP contribution in [0.5, 0.6) is 11.5 Å². The van der Waals surface area contributed by atoms with Crippen LogP contribution >= 0.6 is 0 Å². The molecule has 0 saturated carbocycles. The predicted molar refractivity (Wildman–Crippen MR) is 55.3 cm³/mol. The van der Waals surface area contributed by atoms with Gasteiger partial charge < -0.3 is 14.6 Å². The Morgan fingerprint density at radius 3 is 2.39 bits per heavy atom. The zero-order valence-electron chi connectivity index (χ0n) is 9.40. The van der Waals surface area contributed by atoms with Crippen molar-refractivity contribution < 1.29 is 32.5 Å². The number of alkyl halides is 3. The van der Waals surface area contributed by atoms with Crippen molar-refractivity contribution in [3.63, 3.8) is 0 Å². The van der Waals surface area contributed by atoms with Gasteiger partial charge in [0.1, 0.15) is 0 Å². The number of carbonyl (C=O) groups is 1. The lowest BCUT2D eigenvalue weighted by Gasteiger charge is -2.14. The van der Waals surface area contributed by atoms with Crippen molar-refractivity contribution in [3.8, 4) is 11.5 Å². The van der Waals surface area contributed by atoms with E-state index in [1.54, 1.807) is 6.07 Å². The minimum Gasteiger partial charge on any atom is -0.493 e. The Hall–Kier alpha value is -1.76. The van der Waals surface area contributed by atoms with Crippen LogP contribution in [-0.2, 0) is 4.79 Å². The molecule has 1 atom stereocenters. The summed E-state index contributed by atoms with van der Waals surface area (Å²) in [5.41, 5.74) is 0. The second kappa shape index (κ2) is 5.72. The summed E-state index contributed by atoms with van der Waals surface area (Å²) in [6, 6.07) is 6.01. The van der Waals surface area contributed by atoms with Crippen LogP contribution in [0.1, 0.15) is 6.42 Å². The maximum Gasteiger partial charge on any atom is 0.414 e.